The highest BCUT2D eigenvalue weighted by molar-refractivity contribution is 6.43. The normalized spacial score (nSPS) is 10.9. The SMILES string of the molecule is O=C(Nc1ccc2oc(-c3cccc(Cl)c3Cl)nc2c1)c1ccc([N+](=O)[O-])o1. The molecule has 2 heterocycles. The molecule has 140 valence electrons. The maximum atomic E-state index is 12.2. The molecule has 0 aliphatic carbocycles. The fraction of sp³-hybridized carbons (Fsp3) is 0. The molecule has 0 unspecified atom stereocenters. The Morgan fingerprint density at radius 3 is 2.68 bits per heavy atom. The first kappa shape index (κ1) is 18.0. The van der Waals surface area contributed by atoms with Crippen LogP contribution in [0.15, 0.2) is 57.4 Å². The molecule has 4 rings (SSSR count). The first-order valence-corrected chi connectivity index (χ1v) is 8.58. The van der Waals surface area contributed by atoms with Crippen molar-refractivity contribution in [3.8, 4) is 11.5 Å². The highest BCUT2D eigenvalue weighted by Crippen LogP contribution is 2.35. The lowest BCUT2D eigenvalue weighted by Gasteiger charge is -2.01. The maximum Gasteiger partial charge on any atom is 0.433 e. The van der Waals surface area contributed by atoms with Crippen molar-refractivity contribution in [1.29, 1.82) is 0 Å². The number of carbonyl (C=O) groups excluding carboxylic acids is 1. The minimum absolute atomic E-state index is 0.182. The third-order valence-corrected chi connectivity index (χ3v) is 4.64. The predicted molar refractivity (Wildman–Crippen MR) is 103 cm³/mol. The number of amides is 1. The van der Waals surface area contributed by atoms with E-state index in [0.29, 0.717) is 32.4 Å². The Kier molecular flexibility index (Phi) is 4.50. The summed E-state index contributed by atoms with van der Waals surface area (Å²) in [6, 6.07) is 12.3. The summed E-state index contributed by atoms with van der Waals surface area (Å²) in [5.41, 5.74) is 1.92. The van der Waals surface area contributed by atoms with Crippen molar-refractivity contribution in [2.45, 2.75) is 0 Å². The molecule has 2 aromatic carbocycles. The Morgan fingerprint density at radius 1 is 1.11 bits per heavy atom. The smallest absolute Gasteiger partial charge is 0.433 e. The Bertz CT molecular complexity index is 1230. The van der Waals surface area contributed by atoms with Gasteiger partial charge in [0.2, 0.25) is 5.89 Å². The number of furan rings is 1. The van der Waals surface area contributed by atoms with Crippen LogP contribution in [0.4, 0.5) is 11.6 Å². The van der Waals surface area contributed by atoms with Gasteiger partial charge in [0.1, 0.15) is 10.4 Å². The van der Waals surface area contributed by atoms with Crippen molar-refractivity contribution in [3.05, 3.63) is 74.5 Å². The van der Waals surface area contributed by atoms with Gasteiger partial charge in [0.25, 0.3) is 5.91 Å². The quantitative estimate of drug-likeness (QED) is 0.343. The Hall–Kier alpha value is -3.36. The number of nitrogens with zero attached hydrogens (tertiary/aromatic N) is 2. The Morgan fingerprint density at radius 2 is 1.93 bits per heavy atom. The number of anilines is 1. The molecule has 0 radical (unpaired) electrons. The van der Waals surface area contributed by atoms with E-state index in [9.17, 15) is 14.9 Å². The number of nitrogens with one attached hydrogen (secondary N) is 1. The monoisotopic (exact) mass is 417 g/mol. The fourth-order valence-corrected chi connectivity index (χ4v) is 2.91. The van der Waals surface area contributed by atoms with Gasteiger partial charge in [-0.25, -0.2) is 4.98 Å². The molecule has 0 saturated heterocycles. The summed E-state index contributed by atoms with van der Waals surface area (Å²) in [6.45, 7) is 0. The third-order valence-electron chi connectivity index (χ3n) is 3.82. The highest BCUT2D eigenvalue weighted by Gasteiger charge is 2.18. The fourth-order valence-electron chi connectivity index (χ4n) is 2.53. The van der Waals surface area contributed by atoms with E-state index in [1.54, 1.807) is 36.4 Å². The van der Waals surface area contributed by atoms with Gasteiger partial charge in [-0.1, -0.05) is 29.3 Å². The van der Waals surface area contributed by atoms with E-state index in [2.05, 4.69) is 10.3 Å². The van der Waals surface area contributed by atoms with Crippen LogP contribution >= 0.6 is 23.2 Å². The van der Waals surface area contributed by atoms with Crippen LogP contribution in [0.1, 0.15) is 10.6 Å². The standard InChI is InChI=1S/C18H9Cl2N3O5/c19-11-3-1-2-10(16(11)20)18-22-12-8-9(4-5-13(12)28-18)21-17(24)14-6-7-15(27-14)23(25)26/h1-8H,(H,21,24). The van der Waals surface area contributed by atoms with Gasteiger partial charge in [0.15, 0.2) is 11.3 Å². The molecule has 10 heteroatoms. The van der Waals surface area contributed by atoms with Gasteiger partial charge in [-0.05, 0) is 36.4 Å². The molecule has 1 N–H and O–H groups in total. The van der Waals surface area contributed by atoms with Crippen molar-refractivity contribution in [1.82, 2.24) is 4.98 Å². The van der Waals surface area contributed by atoms with Crippen LogP contribution in [-0.2, 0) is 0 Å². The summed E-state index contributed by atoms with van der Waals surface area (Å²) >= 11 is 12.2. The number of hydrogen-bond acceptors (Lipinski definition) is 6. The van der Waals surface area contributed by atoms with Gasteiger partial charge in [-0.2, -0.15) is 0 Å². The molecule has 2 aromatic heterocycles. The number of benzene rings is 2. The van der Waals surface area contributed by atoms with Gasteiger partial charge >= 0.3 is 5.88 Å². The summed E-state index contributed by atoms with van der Waals surface area (Å²) < 4.78 is 10.6. The second-order valence-electron chi connectivity index (χ2n) is 5.65. The van der Waals surface area contributed by atoms with Crippen molar-refractivity contribution in [2.75, 3.05) is 5.32 Å². The lowest BCUT2D eigenvalue weighted by atomic mass is 10.2. The molecule has 0 saturated carbocycles. The summed E-state index contributed by atoms with van der Waals surface area (Å²) in [6.07, 6.45) is 0. The summed E-state index contributed by atoms with van der Waals surface area (Å²) in [7, 11) is 0. The average molecular weight is 418 g/mol. The first-order chi connectivity index (χ1) is 13.4. The maximum absolute atomic E-state index is 12.2. The van der Waals surface area contributed by atoms with Gasteiger partial charge < -0.3 is 14.2 Å². The Balaban J connectivity index is 1.62. The third kappa shape index (κ3) is 3.30. The molecule has 4 aromatic rings. The van der Waals surface area contributed by atoms with E-state index in [4.69, 9.17) is 32.0 Å². The van der Waals surface area contributed by atoms with Crippen LogP contribution < -0.4 is 5.32 Å². The van der Waals surface area contributed by atoms with Crippen LogP contribution in [0.3, 0.4) is 0 Å². The second kappa shape index (κ2) is 6.99. The summed E-state index contributed by atoms with van der Waals surface area (Å²) in [5.74, 6) is -1.04. The number of oxazole rings is 1. The van der Waals surface area contributed by atoms with Gasteiger partial charge in [-0.3, -0.25) is 14.9 Å². The molecular formula is C18H9Cl2N3O5. The van der Waals surface area contributed by atoms with E-state index in [-0.39, 0.29) is 11.7 Å². The van der Waals surface area contributed by atoms with E-state index in [1.165, 1.54) is 6.07 Å². The largest absolute Gasteiger partial charge is 0.436 e. The van der Waals surface area contributed by atoms with Crippen LogP contribution in [0.2, 0.25) is 10.0 Å². The molecule has 0 aliphatic rings. The molecule has 0 atom stereocenters. The number of nitro groups is 1. The van der Waals surface area contributed by atoms with Crippen LogP contribution in [0.5, 0.6) is 0 Å². The molecule has 0 aliphatic heterocycles. The lowest BCUT2D eigenvalue weighted by molar-refractivity contribution is -0.402. The van der Waals surface area contributed by atoms with E-state index >= 15 is 0 Å². The molecule has 0 spiro atoms. The zero-order chi connectivity index (χ0) is 19.8. The number of halogens is 2. The highest BCUT2D eigenvalue weighted by atomic mass is 35.5. The van der Waals surface area contributed by atoms with E-state index < -0.39 is 16.7 Å². The number of hydrogen-bond donors (Lipinski definition) is 1. The van der Waals surface area contributed by atoms with Crippen LogP contribution in [-0.4, -0.2) is 15.8 Å². The summed E-state index contributed by atoms with van der Waals surface area (Å²) in [5, 5.41) is 13.9. The van der Waals surface area contributed by atoms with Crippen molar-refractivity contribution < 1.29 is 18.6 Å². The molecule has 8 nitrogen and oxygen atoms in total. The second-order valence-corrected chi connectivity index (χ2v) is 6.44. The molecule has 28 heavy (non-hydrogen) atoms. The van der Waals surface area contributed by atoms with E-state index in [0.717, 1.165) is 6.07 Å². The van der Waals surface area contributed by atoms with Gasteiger partial charge in [0.05, 0.1) is 21.7 Å². The molecule has 1 amide bonds. The summed E-state index contributed by atoms with van der Waals surface area (Å²) in [4.78, 5) is 26.5. The van der Waals surface area contributed by atoms with Crippen molar-refractivity contribution in [3.63, 3.8) is 0 Å². The molecule has 0 bridgehead atoms. The lowest BCUT2D eigenvalue weighted by Crippen LogP contribution is -2.10. The molecule has 0 fully saturated rings. The van der Waals surface area contributed by atoms with Gasteiger partial charge in [-0.15, -0.1) is 0 Å². The predicted octanol–water partition coefficient (Wildman–Crippen LogP) is 5.56. The number of rotatable bonds is 4. The minimum atomic E-state index is -0.722. The number of aromatic nitrogens is 1. The zero-order valence-electron chi connectivity index (χ0n) is 13.8. The van der Waals surface area contributed by atoms with Crippen molar-refractivity contribution >= 4 is 51.8 Å². The van der Waals surface area contributed by atoms with Crippen LogP contribution in [0.25, 0.3) is 22.6 Å². The van der Waals surface area contributed by atoms with E-state index in [1.807, 2.05) is 0 Å². The van der Waals surface area contributed by atoms with Crippen LogP contribution in [0, 0.1) is 10.1 Å². The number of fused-ring (bicyclic) bond motifs is 1. The average Bonchev–Trinajstić information content (AvgIpc) is 3.30. The topological polar surface area (TPSA) is 111 Å². The first-order valence-electron chi connectivity index (χ1n) is 7.83. The Labute approximate surface area is 166 Å². The van der Waals surface area contributed by atoms with Gasteiger partial charge in [0, 0.05) is 5.69 Å². The zero-order valence-corrected chi connectivity index (χ0v) is 15.3. The molecular weight excluding hydrogens is 409 g/mol. The minimum Gasteiger partial charge on any atom is -0.436 e. The number of carbonyl (C=O) groups is 1. The van der Waals surface area contributed by atoms with Crippen molar-refractivity contribution in [2.24, 2.45) is 0 Å².